The van der Waals surface area contributed by atoms with Gasteiger partial charge in [0.2, 0.25) is 0 Å². The lowest BCUT2D eigenvalue weighted by Crippen LogP contribution is -2.29. The summed E-state index contributed by atoms with van der Waals surface area (Å²) in [6.45, 7) is 18.9. The van der Waals surface area contributed by atoms with Crippen molar-refractivity contribution in [1.29, 1.82) is 0 Å². The average Bonchev–Trinajstić information content (AvgIpc) is 2.88. The van der Waals surface area contributed by atoms with E-state index >= 15 is 0 Å². The molecule has 3 rings (SSSR count). The second-order valence-electron chi connectivity index (χ2n) is 10.8. The summed E-state index contributed by atoms with van der Waals surface area (Å²) >= 11 is 0. The van der Waals surface area contributed by atoms with Gasteiger partial charge in [0.15, 0.2) is 0 Å². The lowest BCUT2D eigenvalue weighted by molar-refractivity contribution is 0.114. The maximum atomic E-state index is 4.13. The Morgan fingerprint density at radius 1 is 0.852 bits per heavy atom. The Morgan fingerprint density at radius 3 is 2.00 bits per heavy atom. The zero-order valence-corrected chi connectivity index (χ0v) is 18.9. The van der Waals surface area contributed by atoms with Gasteiger partial charge < -0.3 is 0 Å². The molecule has 0 aliphatic heterocycles. The lowest BCUT2D eigenvalue weighted by Gasteiger charge is -2.39. The van der Waals surface area contributed by atoms with Crippen LogP contribution in [0.15, 0.2) is 35.5 Å². The number of rotatable bonds is 5. The van der Waals surface area contributed by atoms with Crippen LogP contribution in [-0.2, 0) is 0 Å². The van der Waals surface area contributed by atoms with Crippen molar-refractivity contribution in [2.75, 3.05) is 0 Å². The predicted molar refractivity (Wildman–Crippen MR) is 120 cm³/mol. The molecule has 0 N–H and O–H groups in total. The van der Waals surface area contributed by atoms with E-state index in [1.165, 1.54) is 56.1 Å². The molecule has 27 heavy (non-hydrogen) atoms. The highest BCUT2D eigenvalue weighted by Gasteiger charge is 2.40. The normalized spacial score (nSPS) is 42.6. The number of allylic oxidation sites excluding steroid dienone is 5. The van der Waals surface area contributed by atoms with Crippen molar-refractivity contribution in [2.24, 2.45) is 47.3 Å². The van der Waals surface area contributed by atoms with Crippen LogP contribution in [0.4, 0.5) is 0 Å². The van der Waals surface area contributed by atoms with E-state index in [1.54, 1.807) is 5.57 Å². The molecule has 0 aromatic rings. The van der Waals surface area contributed by atoms with Gasteiger partial charge in [0, 0.05) is 0 Å². The van der Waals surface area contributed by atoms with Crippen LogP contribution in [0, 0.1) is 47.3 Å². The van der Waals surface area contributed by atoms with Gasteiger partial charge in [-0.15, -0.1) is 0 Å². The average molecular weight is 369 g/mol. The van der Waals surface area contributed by atoms with Gasteiger partial charge >= 0.3 is 0 Å². The first kappa shape index (κ1) is 20.9. The predicted octanol–water partition coefficient (Wildman–Crippen LogP) is 8.22. The Balaban J connectivity index is 1.61. The van der Waals surface area contributed by atoms with Crippen molar-refractivity contribution in [2.45, 2.75) is 86.5 Å². The van der Waals surface area contributed by atoms with Crippen LogP contribution in [0.5, 0.6) is 0 Å². The summed E-state index contributed by atoms with van der Waals surface area (Å²) in [5, 5.41) is 0. The molecule has 2 saturated carbocycles. The van der Waals surface area contributed by atoms with Crippen molar-refractivity contribution in [1.82, 2.24) is 0 Å². The highest BCUT2D eigenvalue weighted by molar-refractivity contribution is 5.36. The standard InChI is InChI=1S/C27H44/c1-17(2)23-8-10-24(11-9-23)27-16-21(6)26(22(27)7)13-12-25-19(4)14-18(3)15-20(25)5/h8,10,18-22,25-27H,1,9,11-16H2,2-7H3/t18?,19?,20?,21?,22-,25?,26?,27?/m1/s1. The molecule has 0 spiro atoms. The van der Waals surface area contributed by atoms with Crippen LogP contribution in [0.2, 0.25) is 0 Å². The summed E-state index contributed by atoms with van der Waals surface area (Å²) in [5.74, 6) is 7.28. The molecular weight excluding hydrogens is 324 g/mol. The third kappa shape index (κ3) is 4.63. The molecule has 3 aliphatic carbocycles. The first-order valence-corrected chi connectivity index (χ1v) is 11.8. The maximum absolute atomic E-state index is 4.13. The first-order valence-electron chi connectivity index (χ1n) is 11.8. The monoisotopic (exact) mass is 368 g/mol. The highest BCUT2D eigenvalue weighted by Crippen LogP contribution is 2.50. The minimum Gasteiger partial charge on any atom is -0.0958 e. The fraction of sp³-hybridized carbons (Fsp3) is 0.778. The molecule has 0 bridgehead atoms. The highest BCUT2D eigenvalue weighted by atomic mass is 14.5. The Labute approximate surface area is 169 Å². The fourth-order valence-electron chi connectivity index (χ4n) is 7.19. The van der Waals surface area contributed by atoms with Gasteiger partial charge in [0.25, 0.3) is 0 Å². The second-order valence-corrected chi connectivity index (χ2v) is 10.8. The van der Waals surface area contributed by atoms with Gasteiger partial charge in [-0.05, 0) is 105 Å². The third-order valence-corrected chi connectivity index (χ3v) is 8.72. The van der Waals surface area contributed by atoms with Crippen LogP contribution in [0.1, 0.15) is 86.5 Å². The molecule has 0 aromatic heterocycles. The fourth-order valence-corrected chi connectivity index (χ4v) is 7.19. The molecule has 2 fully saturated rings. The Morgan fingerprint density at radius 2 is 1.44 bits per heavy atom. The van der Waals surface area contributed by atoms with Crippen molar-refractivity contribution in [3.63, 3.8) is 0 Å². The first-order chi connectivity index (χ1) is 12.8. The third-order valence-electron chi connectivity index (χ3n) is 8.72. The number of hydrogen-bond acceptors (Lipinski definition) is 0. The smallest absolute Gasteiger partial charge is 0.0169 e. The van der Waals surface area contributed by atoms with E-state index in [2.05, 4.69) is 60.3 Å². The van der Waals surface area contributed by atoms with Gasteiger partial charge in [0.05, 0.1) is 0 Å². The summed E-state index contributed by atoms with van der Waals surface area (Å²) in [5.41, 5.74) is 4.44. The summed E-state index contributed by atoms with van der Waals surface area (Å²) in [4.78, 5) is 0. The molecule has 6 atom stereocenters. The van der Waals surface area contributed by atoms with E-state index in [0.717, 1.165) is 47.3 Å². The van der Waals surface area contributed by atoms with Crippen molar-refractivity contribution in [3.05, 3.63) is 35.5 Å². The van der Waals surface area contributed by atoms with Crippen LogP contribution < -0.4 is 0 Å². The zero-order valence-electron chi connectivity index (χ0n) is 18.9. The molecule has 0 heteroatoms. The van der Waals surface area contributed by atoms with Gasteiger partial charge in [-0.3, -0.25) is 0 Å². The van der Waals surface area contributed by atoms with E-state index in [1.807, 2.05) is 0 Å². The Bertz CT molecular complexity index is 579. The maximum Gasteiger partial charge on any atom is -0.0169 e. The SMILES string of the molecule is C=C(C)C1=CC=C(C2CC(C)C(CCC3C(C)CC(C)CC3C)[C@H]2C)CC1. The van der Waals surface area contributed by atoms with Crippen molar-refractivity contribution < 1.29 is 0 Å². The molecule has 152 valence electrons. The van der Waals surface area contributed by atoms with Crippen molar-refractivity contribution in [3.8, 4) is 0 Å². The van der Waals surface area contributed by atoms with Crippen LogP contribution in [-0.4, -0.2) is 0 Å². The van der Waals surface area contributed by atoms with Crippen molar-refractivity contribution >= 4 is 0 Å². The largest absolute Gasteiger partial charge is 0.0958 e. The molecule has 0 amide bonds. The lowest BCUT2D eigenvalue weighted by atomic mass is 9.67. The van der Waals surface area contributed by atoms with Gasteiger partial charge in [-0.25, -0.2) is 0 Å². The van der Waals surface area contributed by atoms with Crippen LogP contribution in [0.25, 0.3) is 0 Å². The molecule has 0 radical (unpaired) electrons. The Hall–Kier alpha value is -0.780. The van der Waals surface area contributed by atoms with E-state index in [-0.39, 0.29) is 0 Å². The number of hydrogen-bond donors (Lipinski definition) is 0. The van der Waals surface area contributed by atoms with Gasteiger partial charge in [0.1, 0.15) is 0 Å². The minimum atomic E-state index is 0.828. The molecule has 3 aliphatic rings. The molecular formula is C27H44. The topological polar surface area (TPSA) is 0 Å². The molecule has 0 heterocycles. The second kappa shape index (κ2) is 8.71. The van der Waals surface area contributed by atoms with Crippen LogP contribution in [0.3, 0.4) is 0 Å². The summed E-state index contributed by atoms with van der Waals surface area (Å²) in [6.07, 6.45) is 14.6. The van der Waals surface area contributed by atoms with Gasteiger partial charge in [-0.2, -0.15) is 0 Å². The zero-order chi connectivity index (χ0) is 19.7. The van der Waals surface area contributed by atoms with Crippen LogP contribution >= 0.6 is 0 Å². The Kier molecular flexibility index (Phi) is 6.75. The van der Waals surface area contributed by atoms with Gasteiger partial charge in [-0.1, -0.05) is 64.5 Å². The quantitative estimate of drug-likeness (QED) is 0.458. The van der Waals surface area contributed by atoms with E-state index in [9.17, 15) is 0 Å². The molecule has 5 unspecified atom stereocenters. The molecule has 0 aromatic carbocycles. The van der Waals surface area contributed by atoms with E-state index in [0.29, 0.717) is 0 Å². The summed E-state index contributed by atoms with van der Waals surface area (Å²) in [6, 6.07) is 0. The van der Waals surface area contributed by atoms with E-state index in [4.69, 9.17) is 0 Å². The minimum absolute atomic E-state index is 0.828. The molecule has 0 saturated heterocycles. The molecule has 0 nitrogen and oxygen atoms in total. The summed E-state index contributed by atoms with van der Waals surface area (Å²) in [7, 11) is 0. The van der Waals surface area contributed by atoms with E-state index < -0.39 is 0 Å². The summed E-state index contributed by atoms with van der Waals surface area (Å²) < 4.78 is 0.